The van der Waals surface area contributed by atoms with Gasteiger partial charge in [0.05, 0.1) is 6.04 Å². The predicted octanol–water partition coefficient (Wildman–Crippen LogP) is 7.19. The molecule has 0 atom stereocenters. The number of hydrogen-bond donors (Lipinski definition) is 0. The Morgan fingerprint density at radius 1 is 0.816 bits per heavy atom. The molecule has 1 heterocycles. The van der Waals surface area contributed by atoms with Gasteiger partial charge < -0.3 is 9.64 Å². The van der Waals surface area contributed by atoms with Crippen LogP contribution in [-0.4, -0.2) is 29.9 Å². The van der Waals surface area contributed by atoms with Gasteiger partial charge in [-0.05, 0) is 47.7 Å². The summed E-state index contributed by atoms with van der Waals surface area (Å²) < 4.78 is 5.98. The van der Waals surface area contributed by atoms with Gasteiger partial charge in [0.1, 0.15) is 0 Å². The van der Waals surface area contributed by atoms with E-state index in [1.165, 1.54) is 43.2 Å². The number of amidine groups is 1. The highest BCUT2D eigenvalue weighted by Crippen LogP contribution is 2.25. The van der Waals surface area contributed by atoms with Crippen molar-refractivity contribution in [1.29, 1.82) is 0 Å². The largest absolute Gasteiger partial charge is 0.420 e. The third-order valence-electron chi connectivity index (χ3n) is 7.36. The first-order valence-corrected chi connectivity index (χ1v) is 13.8. The Bertz CT molecular complexity index is 1200. The molecular weight excluding hydrogens is 470 g/mol. The van der Waals surface area contributed by atoms with Gasteiger partial charge in [-0.15, -0.1) is 0 Å². The summed E-state index contributed by atoms with van der Waals surface area (Å²) in [6.07, 6.45) is 10.2. The molecule has 196 valence electrons. The molecular formula is C33H37N3O2. The van der Waals surface area contributed by atoms with Gasteiger partial charge in [0.25, 0.3) is 11.9 Å². The van der Waals surface area contributed by atoms with Crippen LogP contribution in [0.2, 0.25) is 0 Å². The maximum Gasteiger partial charge on any atom is 0.300 e. The van der Waals surface area contributed by atoms with Crippen LogP contribution in [0.1, 0.15) is 61.6 Å². The van der Waals surface area contributed by atoms with Gasteiger partial charge in [0, 0.05) is 25.8 Å². The molecule has 3 aromatic rings. The maximum absolute atomic E-state index is 12.9. The van der Waals surface area contributed by atoms with E-state index in [-0.39, 0.29) is 11.9 Å². The number of ether oxygens (including phenoxy) is 1. The molecule has 3 aromatic carbocycles. The number of hydrogen-bond acceptors (Lipinski definition) is 4. The van der Waals surface area contributed by atoms with Crippen molar-refractivity contribution in [3.05, 3.63) is 107 Å². The topological polar surface area (TPSA) is 45.1 Å². The Morgan fingerprint density at radius 2 is 1.37 bits per heavy atom. The fourth-order valence-electron chi connectivity index (χ4n) is 5.17. The van der Waals surface area contributed by atoms with E-state index < -0.39 is 0 Å². The lowest BCUT2D eigenvalue weighted by Crippen LogP contribution is -2.26. The molecule has 5 rings (SSSR count). The average molecular weight is 508 g/mol. The fraction of sp³-hybridized carbons (Fsp3) is 0.333. The summed E-state index contributed by atoms with van der Waals surface area (Å²) >= 11 is 0. The van der Waals surface area contributed by atoms with Gasteiger partial charge in [0.2, 0.25) is 0 Å². The van der Waals surface area contributed by atoms with Gasteiger partial charge in [-0.2, -0.15) is 0 Å². The number of anilines is 1. The molecule has 1 saturated heterocycles. The molecule has 5 heteroatoms. The highest BCUT2D eigenvalue weighted by atomic mass is 16.5. The molecule has 0 N–H and O–H groups in total. The zero-order valence-electron chi connectivity index (χ0n) is 22.3. The van der Waals surface area contributed by atoms with E-state index in [0.717, 1.165) is 37.2 Å². The summed E-state index contributed by atoms with van der Waals surface area (Å²) in [5, 5.41) is 0. The summed E-state index contributed by atoms with van der Waals surface area (Å²) in [7, 11) is 1.75. The molecule has 1 amide bonds. The van der Waals surface area contributed by atoms with Gasteiger partial charge in [-0.25, -0.2) is 4.99 Å². The fourth-order valence-corrected chi connectivity index (χ4v) is 5.17. The summed E-state index contributed by atoms with van der Waals surface area (Å²) in [6.45, 7) is 1.62. The molecule has 0 radical (unpaired) electrons. The zero-order valence-corrected chi connectivity index (χ0v) is 22.3. The molecule has 5 nitrogen and oxygen atoms in total. The van der Waals surface area contributed by atoms with Crippen LogP contribution < -0.4 is 4.90 Å². The van der Waals surface area contributed by atoms with Crippen molar-refractivity contribution in [3.63, 3.8) is 0 Å². The minimum absolute atomic E-state index is 0.145. The number of likely N-dealkylation sites (N-methyl/N-ethyl adjacent to an activating group) is 1. The molecule has 1 aliphatic carbocycles. The second-order valence-electron chi connectivity index (χ2n) is 10.3. The Hall–Kier alpha value is -3.86. The van der Waals surface area contributed by atoms with Gasteiger partial charge in [-0.3, -0.25) is 9.69 Å². The van der Waals surface area contributed by atoms with Crippen LogP contribution in [0.4, 0.5) is 5.69 Å². The van der Waals surface area contributed by atoms with Crippen molar-refractivity contribution in [2.24, 2.45) is 4.99 Å². The summed E-state index contributed by atoms with van der Waals surface area (Å²) in [4.78, 5) is 21.6. The predicted molar refractivity (Wildman–Crippen MR) is 155 cm³/mol. The monoisotopic (exact) mass is 507 g/mol. The van der Waals surface area contributed by atoms with Gasteiger partial charge in [0.15, 0.2) is 5.76 Å². The van der Waals surface area contributed by atoms with Crippen LogP contribution in [0, 0.1) is 0 Å². The van der Waals surface area contributed by atoms with Crippen molar-refractivity contribution in [2.75, 3.05) is 11.9 Å². The molecule has 1 aliphatic heterocycles. The Morgan fingerprint density at radius 3 is 1.95 bits per heavy atom. The first kappa shape index (κ1) is 25.8. The van der Waals surface area contributed by atoms with E-state index in [1.807, 2.05) is 30.3 Å². The standard InChI is InChI=1S/C33H37N3O2/c1-35-32(37)31(38-33(35)34-29-17-11-3-2-4-12-18-29)23-26-19-21-30(22-20-26)36(24-27-13-7-5-8-14-27)25-28-15-9-6-10-16-28/h5-10,13-16,19-23,29H,2-4,11-12,17-18,24-25H2,1H3/b31-23+,34-33?. The SMILES string of the molecule is CN1C(=O)/C(=C\c2ccc(N(Cc3ccccc3)Cc3ccccc3)cc2)OC1=NC1CCCCCCC1. The number of amides is 1. The molecule has 38 heavy (non-hydrogen) atoms. The molecule has 2 fully saturated rings. The van der Waals surface area contributed by atoms with Crippen molar-refractivity contribution < 1.29 is 9.53 Å². The first-order chi connectivity index (χ1) is 18.7. The van der Waals surface area contributed by atoms with Crippen molar-refractivity contribution in [2.45, 2.75) is 64.1 Å². The van der Waals surface area contributed by atoms with E-state index in [1.54, 1.807) is 11.9 Å². The number of benzene rings is 3. The molecule has 0 aromatic heterocycles. The molecule has 2 aliphatic rings. The second kappa shape index (κ2) is 12.6. The summed E-state index contributed by atoms with van der Waals surface area (Å²) in [6, 6.07) is 30.0. The third-order valence-corrected chi connectivity index (χ3v) is 7.36. The normalized spacial score (nSPS) is 18.9. The van der Waals surface area contributed by atoms with Crippen LogP contribution in [0.3, 0.4) is 0 Å². The number of carbonyl (C=O) groups is 1. The highest BCUT2D eigenvalue weighted by molar-refractivity contribution is 6.11. The lowest BCUT2D eigenvalue weighted by Gasteiger charge is -2.25. The second-order valence-corrected chi connectivity index (χ2v) is 10.3. The Kier molecular flexibility index (Phi) is 8.54. The average Bonchev–Trinajstić information content (AvgIpc) is 3.19. The number of nitrogens with zero attached hydrogens (tertiary/aromatic N) is 3. The third kappa shape index (κ3) is 6.71. The van der Waals surface area contributed by atoms with Crippen molar-refractivity contribution >= 4 is 23.7 Å². The summed E-state index contributed by atoms with van der Waals surface area (Å²) in [5.74, 6) is 0.184. The van der Waals surface area contributed by atoms with Crippen LogP contribution in [-0.2, 0) is 22.6 Å². The van der Waals surface area contributed by atoms with Crippen LogP contribution in [0.25, 0.3) is 6.08 Å². The van der Waals surface area contributed by atoms with Crippen LogP contribution in [0.5, 0.6) is 0 Å². The van der Waals surface area contributed by atoms with E-state index in [4.69, 9.17) is 9.73 Å². The summed E-state index contributed by atoms with van der Waals surface area (Å²) in [5.41, 5.74) is 4.58. The Balaban J connectivity index is 1.32. The maximum atomic E-state index is 12.9. The number of rotatable bonds is 7. The lowest BCUT2D eigenvalue weighted by atomic mass is 9.97. The first-order valence-electron chi connectivity index (χ1n) is 13.8. The van der Waals surface area contributed by atoms with E-state index in [9.17, 15) is 4.79 Å². The van der Waals surface area contributed by atoms with Crippen LogP contribution in [0.15, 0.2) is 95.7 Å². The highest BCUT2D eigenvalue weighted by Gasteiger charge is 2.32. The lowest BCUT2D eigenvalue weighted by molar-refractivity contribution is -0.122. The molecule has 0 unspecified atom stereocenters. The van der Waals surface area contributed by atoms with Gasteiger partial charge >= 0.3 is 0 Å². The van der Waals surface area contributed by atoms with E-state index >= 15 is 0 Å². The smallest absolute Gasteiger partial charge is 0.300 e. The minimum Gasteiger partial charge on any atom is -0.420 e. The molecule has 0 spiro atoms. The number of aliphatic imine (C=N–C) groups is 1. The minimum atomic E-state index is -0.145. The van der Waals surface area contributed by atoms with E-state index in [0.29, 0.717) is 11.8 Å². The van der Waals surface area contributed by atoms with Crippen molar-refractivity contribution in [1.82, 2.24) is 4.90 Å². The molecule has 1 saturated carbocycles. The Labute approximate surface area is 226 Å². The van der Waals surface area contributed by atoms with Gasteiger partial charge in [-0.1, -0.05) is 105 Å². The molecule has 0 bridgehead atoms. The zero-order chi connectivity index (χ0) is 26.2. The van der Waals surface area contributed by atoms with Crippen molar-refractivity contribution in [3.8, 4) is 0 Å². The van der Waals surface area contributed by atoms with E-state index in [2.05, 4.69) is 65.6 Å². The number of carbonyl (C=O) groups excluding carboxylic acids is 1. The quantitative estimate of drug-likeness (QED) is 0.318. The van der Waals surface area contributed by atoms with Crippen LogP contribution >= 0.6 is 0 Å².